The highest BCUT2D eigenvalue weighted by Gasteiger charge is 2.09. The first kappa shape index (κ1) is 13.7. The number of aryl methyl sites for hydroxylation is 1. The molecule has 0 fully saturated rings. The van der Waals surface area contributed by atoms with E-state index < -0.39 is 0 Å². The summed E-state index contributed by atoms with van der Waals surface area (Å²) in [7, 11) is 0. The maximum Gasteiger partial charge on any atom is 0.256 e. The Morgan fingerprint density at radius 3 is 3.06 bits per heavy atom. The third-order valence-electron chi connectivity index (χ3n) is 2.62. The number of nitriles is 1. The van der Waals surface area contributed by atoms with E-state index in [0.717, 1.165) is 45.4 Å². The average Bonchev–Trinajstić information content (AvgIpc) is 2.78. The van der Waals surface area contributed by atoms with E-state index in [9.17, 15) is 0 Å². The minimum absolute atomic E-state index is 0.653. The Balaban J connectivity index is 2.25. The van der Waals surface area contributed by atoms with Gasteiger partial charge in [0, 0.05) is 13.0 Å². The summed E-state index contributed by atoms with van der Waals surface area (Å²) >= 11 is 0. The lowest BCUT2D eigenvalue weighted by atomic mass is 10.2. The Labute approximate surface area is 103 Å². The number of unbranched alkanes of at least 4 members (excludes halogenated alkanes) is 2. The monoisotopic (exact) mass is 236 g/mol. The van der Waals surface area contributed by atoms with Crippen LogP contribution in [0.25, 0.3) is 0 Å². The van der Waals surface area contributed by atoms with E-state index in [1.165, 1.54) is 5.82 Å². The molecule has 0 unspecified atom stereocenters. The van der Waals surface area contributed by atoms with Gasteiger partial charge in [-0.15, -0.1) is 0 Å². The zero-order valence-corrected chi connectivity index (χ0v) is 10.6. The highest BCUT2D eigenvalue weighted by molar-refractivity contribution is 4.77. The highest BCUT2D eigenvalue weighted by Crippen LogP contribution is 1.96. The summed E-state index contributed by atoms with van der Waals surface area (Å²) in [5, 5.41) is 8.47. The molecule has 1 aromatic heterocycles. The number of aromatic amines is 1. The molecule has 0 saturated heterocycles. The quantitative estimate of drug-likeness (QED) is 0.526. The lowest BCUT2D eigenvalue weighted by Gasteiger charge is -2.01. The molecule has 4 nitrogen and oxygen atoms in total. The van der Waals surface area contributed by atoms with E-state index in [1.54, 1.807) is 0 Å². The Morgan fingerprint density at radius 2 is 2.29 bits per heavy atom. The van der Waals surface area contributed by atoms with Crippen molar-refractivity contribution in [3.05, 3.63) is 18.2 Å². The Hall–Kier alpha value is -1.34. The number of nitrogens with one attached hydrogen (secondary N) is 1. The highest BCUT2D eigenvalue weighted by atomic mass is 16.5. The van der Waals surface area contributed by atoms with Gasteiger partial charge in [-0.3, -0.25) is 0 Å². The number of hydrogen-bond acceptors (Lipinski definition) is 2. The lowest BCUT2D eigenvalue weighted by molar-refractivity contribution is -0.703. The zero-order valence-electron chi connectivity index (χ0n) is 10.6. The molecular weight excluding hydrogens is 214 g/mol. The molecule has 1 rings (SSSR count). The van der Waals surface area contributed by atoms with Crippen LogP contribution in [0.15, 0.2) is 12.4 Å². The van der Waals surface area contributed by atoms with Crippen molar-refractivity contribution in [3.8, 4) is 6.07 Å². The molecule has 94 valence electrons. The summed E-state index contributed by atoms with van der Waals surface area (Å²) in [5.41, 5.74) is 0. The van der Waals surface area contributed by atoms with Gasteiger partial charge in [0.15, 0.2) is 0 Å². The first-order chi connectivity index (χ1) is 8.38. The van der Waals surface area contributed by atoms with E-state index in [4.69, 9.17) is 10.00 Å². The zero-order chi connectivity index (χ0) is 12.3. The summed E-state index contributed by atoms with van der Waals surface area (Å²) in [6.45, 7) is 4.70. The predicted molar refractivity (Wildman–Crippen MR) is 65.3 cm³/mol. The third-order valence-corrected chi connectivity index (χ3v) is 2.62. The molecule has 0 aliphatic carbocycles. The first-order valence-electron chi connectivity index (χ1n) is 6.39. The molecule has 17 heavy (non-hydrogen) atoms. The van der Waals surface area contributed by atoms with E-state index in [2.05, 4.69) is 28.7 Å². The van der Waals surface area contributed by atoms with Crippen LogP contribution in [0.5, 0.6) is 0 Å². The summed E-state index contributed by atoms with van der Waals surface area (Å²) in [6.07, 6.45) is 8.68. The van der Waals surface area contributed by atoms with Crippen LogP contribution in [0, 0.1) is 11.3 Å². The van der Waals surface area contributed by atoms with Crippen LogP contribution in [0.1, 0.15) is 38.4 Å². The second-order valence-corrected chi connectivity index (χ2v) is 4.08. The van der Waals surface area contributed by atoms with Crippen LogP contribution >= 0.6 is 0 Å². The van der Waals surface area contributed by atoms with Crippen LogP contribution in [0.2, 0.25) is 0 Å². The van der Waals surface area contributed by atoms with Crippen LogP contribution in [0.4, 0.5) is 0 Å². The molecule has 1 aromatic rings. The SMILES string of the molecule is CCCOCCc1[nH]cc[n+]1CCCCC#N. The third kappa shape index (κ3) is 5.50. The molecule has 1 N–H and O–H groups in total. The summed E-state index contributed by atoms with van der Waals surface area (Å²) < 4.78 is 7.69. The molecule has 1 heterocycles. The predicted octanol–water partition coefficient (Wildman–Crippen LogP) is 1.97. The van der Waals surface area contributed by atoms with Crippen LogP contribution < -0.4 is 4.57 Å². The Bertz CT molecular complexity index is 341. The molecule has 4 heteroatoms. The topological polar surface area (TPSA) is 52.7 Å². The maximum atomic E-state index is 8.47. The standard InChI is InChI=1S/C13H21N3O/c1-2-11-17-12-6-13-15-8-10-16(13)9-5-3-4-7-14/h8,10H,2-6,9,11-12H2,1H3/p+1. The second kappa shape index (κ2) is 8.77. The Kier molecular flexibility index (Phi) is 7.08. The number of hydrogen-bond donors (Lipinski definition) is 1. The van der Waals surface area contributed by atoms with Crippen LogP contribution in [0.3, 0.4) is 0 Å². The fourth-order valence-corrected chi connectivity index (χ4v) is 1.72. The van der Waals surface area contributed by atoms with Crippen molar-refractivity contribution in [2.45, 2.75) is 45.6 Å². The van der Waals surface area contributed by atoms with Gasteiger partial charge in [-0.25, -0.2) is 9.55 Å². The van der Waals surface area contributed by atoms with E-state index in [-0.39, 0.29) is 0 Å². The maximum absolute atomic E-state index is 8.47. The second-order valence-electron chi connectivity index (χ2n) is 4.08. The number of aromatic nitrogens is 2. The minimum atomic E-state index is 0.653. The van der Waals surface area contributed by atoms with E-state index in [1.807, 2.05) is 6.20 Å². The minimum Gasteiger partial charge on any atom is -0.381 e. The molecule has 0 aliphatic rings. The van der Waals surface area contributed by atoms with Crippen molar-refractivity contribution in [2.24, 2.45) is 0 Å². The van der Waals surface area contributed by atoms with Crippen molar-refractivity contribution >= 4 is 0 Å². The summed E-state index contributed by atoms with van der Waals surface area (Å²) in [5.74, 6) is 1.21. The number of rotatable bonds is 9. The van der Waals surface area contributed by atoms with Crippen LogP contribution in [-0.2, 0) is 17.7 Å². The molecule has 0 aliphatic heterocycles. The van der Waals surface area contributed by atoms with Gasteiger partial charge < -0.3 is 4.74 Å². The van der Waals surface area contributed by atoms with Crippen molar-refractivity contribution < 1.29 is 9.30 Å². The largest absolute Gasteiger partial charge is 0.381 e. The van der Waals surface area contributed by atoms with Gasteiger partial charge in [-0.1, -0.05) is 6.92 Å². The van der Waals surface area contributed by atoms with Crippen molar-refractivity contribution in [3.63, 3.8) is 0 Å². The fraction of sp³-hybridized carbons (Fsp3) is 0.692. The number of imidazole rings is 1. The lowest BCUT2D eigenvalue weighted by Crippen LogP contribution is -2.36. The summed E-state index contributed by atoms with van der Waals surface area (Å²) in [6, 6.07) is 2.17. The molecular formula is C13H22N3O+. The normalized spacial score (nSPS) is 10.4. The fourth-order valence-electron chi connectivity index (χ4n) is 1.72. The first-order valence-corrected chi connectivity index (χ1v) is 6.39. The van der Waals surface area contributed by atoms with Gasteiger partial charge in [0.2, 0.25) is 0 Å². The van der Waals surface area contributed by atoms with Crippen molar-refractivity contribution in [2.75, 3.05) is 13.2 Å². The smallest absolute Gasteiger partial charge is 0.256 e. The summed E-state index contributed by atoms with van der Waals surface area (Å²) in [4.78, 5) is 3.24. The average molecular weight is 236 g/mol. The number of H-pyrrole nitrogens is 1. The number of nitrogens with zero attached hydrogens (tertiary/aromatic N) is 2. The molecule has 0 aromatic carbocycles. The number of ether oxygens (including phenoxy) is 1. The molecule has 0 radical (unpaired) electrons. The van der Waals surface area contributed by atoms with Gasteiger partial charge >= 0.3 is 0 Å². The van der Waals surface area contributed by atoms with Gasteiger partial charge in [-0.2, -0.15) is 5.26 Å². The molecule has 0 amide bonds. The van der Waals surface area contributed by atoms with Gasteiger partial charge in [-0.05, 0) is 19.3 Å². The van der Waals surface area contributed by atoms with E-state index in [0.29, 0.717) is 6.42 Å². The van der Waals surface area contributed by atoms with Crippen molar-refractivity contribution in [1.29, 1.82) is 5.26 Å². The molecule has 0 atom stereocenters. The van der Waals surface area contributed by atoms with Gasteiger partial charge in [0.25, 0.3) is 5.82 Å². The molecule has 0 spiro atoms. The van der Waals surface area contributed by atoms with Crippen molar-refractivity contribution in [1.82, 2.24) is 4.98 Å². The molecule has 0 saturated carbocycles. The van der Waals surface area contributed by atoms with Crippen LogP contribution in [-0.4, -0.2) is 18.2 Å². The van der Waals surface area contributed by atoms with Gasteiger partial charge in [0.05, 0.1) is 25.6 Å². The molecule has 0 bridgehead atoms. The Morgan fingerprint density at radius 1 is 1.41 bits per heavy atom. The van der Waals surface area contributed by atoms with Gasteiger partial charge in [0.1, 0.15) is 12.4 Å². The van der Waals surface area contributed by atoms with E-state index >= 15 is 0 Å².